The normalized spacial score (nSPS) is 12.1. The van der Waals surface area contributed by atoms with Gasteiger partial charge >= 0.3 is 0 Å². The van der Waals surface area contributed by atoms with Crippen molar-refractivity contribution < 1.29 is 13.7 Å². The minimum atomic E-state index is -0.311. The third-order valence-electron chi connectivity index (χ3n) is 4.25. The molecule has 1 atom stereocenters. The van der Waals surface area contributed by atoms with Gasteiger partial charge in [0.05, 0.1) is 4.88 Å². The van der Waals surface area contributed by atoms with Gasteiger partial charge in [0.2, 0.25) is 11.7 Å². The molecule has 2 heterocycles. The van der Waals surface area contributed by atoms with Crippen LogP contribution in [-0.4, -0.2) is 33.5 Å². The monoisotopic (exact) mass is 373 g/mol. The van der Waals surface area contributed by atoms with Gasteiger partial charge in [-0.3, -0.25) is 4.79 Å². The van der Waals surface area contributed by atoms with Crippen LogP contribution in [0, 0.1) is 5.82 Å². The van der Waals surface area contributed by atoms with E-state index in [1.807, 2.05) is 29.3 Å². The van der Waals surface area contributed by atoms with Crippen molar-refractivity contribution in [1.29, 1.82) is 0 Å². The molecule has 0 aliphatic heterocycles. The van der Waals surface area contributed by atoms with Gasteiger partial charge < -0.3 is 9.42 Å². The Balaban J connectivity index is 1.69. The molecule has 3 rings (SSSR count). The van der Waals surface area contributed by atoms with Crippen molar-refractivity contribution in [1.82, 2.24) is 15.0 Å². The van der Waals surface area contributed by atoms with E-state index < -0.39 is 0 Å². The van der Waals surface area contributed by atoms with Gasteiger partial charge in [-0.25, -0.2) is 4.39 Å². The highest BCUT2D eigenvalue weighted by Gasteiger charge is 2.22. The number of halogens is 1. The molecule has 5 nitrogen and oxygen atoms in total. The zero-order valence-corrected chi connectivity index (χ0v) is 15.5. The molecule has 0 radical (unpaired) electrons. The van der Waals surface area contributed by atoms with Crippen LogP contribution in [-0.2, 0) is 6.42 Å². The Hall–Kier alpha value is -2.54. The lowest BCUT2D eigenvalue weighted by Crippen LogP contribution is -2.39. The minimum Gasteiger partial charge on any atom is -0.339 e. The van der Waals surface area contributed by atoms with E-state index >= 15 is 0 Å². The summed E-state index contributed by atoms with van der Waals surface area (Å²) in [7, 11) is 0. The van der Waals surface area contributed by atoms with Gasteiger partial charge in [-0.1, -0.05) is 18.1 Å². The SMILES string of the molecule is CC[C@H](C)N(CCc1nc(-c2ccc(F)cc2)no1)C(=O)c1cccs1. The number of benzene rings is 1. The van der Waals surface area contributed by atoms with Crippen molar-refractivity contribution >= 4 is 17.2 Å². The molecule has 0 spiro atoms. The van der Waals surface area contributed by atoms with Crippen LogP contribution in [0.1, 0.15) is 35.8 Å². The van der Waals surface area contributed by atoms with E-state index in [4.69, 9.17) is 4.52 Å². The summed E-state index contributed by atoms with van der Waals surface area (Å²) in [6, 6.07) is 9.75. The predicted molar refractivity (Wildman–Crippen MR) is 98.5 cm³/mol. The van der Waals surface area contributed by atoms with Gasteiger partial charge in [0.15, 0.2) is 0 Å². The topological polar surface area (TPSA) is 59.2 Å². The Morgan fingerprint density at radius 2 is 2.08 bits per heavy atom. The zero-order chi connectivity index (χ0) is 18.5. The highest BCUT2D eigenvalue weighted by atomic mass is 32.1. The Kier molecular flexibility index (Phi) is 5.78. The molecule has 2 aromatic heterocycles. The van der Waals surface area contributed by atoms with Gasteiger partial charge in [0, 0.05) is 24.6 Å². The molecule has 0 bridgehead atoms. The largest absolute Gasteiger partial charge is 0.339 e. The zero-order valence-electron chi connectivity index (χ0n) is 14.7. The fourth-order valence-corrected chi connectivity index (χ4v) is 3.25. The summed E-state index contributed by atoms with van der Waals surface area (Å²) in [6.45, 7) is 4.58. The van der Waals surface area contributed by atoms with Crippen LogP contribution in [0.3, 0.4) is 0 Å². The van der Waals surface area contributed by atoms with E-state index in [1.54, 1.807) is 12.1 Å². The highest BCUT2D eigenvalue weighted by Crippen LogP contribution is 2.18. The van der Waals surface area contributed by atoms with Gasteiger partial charge in [-0.15, -0.1) is 11.3 Å². The number of thiophene rings is 1. The number of hydrogen-bond acceptors (Lipinski definition) is 5. The van der Waals surface area contributed by atoms with E-state index in [2.05, 4.69) is 17.1 Å². The van der Waals surface area contributed by atoms with Crippen molar-refractivity contribution in [2.45, 2.75) is 32.7 Å². The van der Waals surface area contributed by atoms with Crippen LogP contribution in [0.4, 0.5) is 4.39 Å². The summed E-state index contributed by atoms with van der Waals surface area (Å²) < 4.78 is 18.3. The molecule has 1 amide bonds. The second-order valence-electron chi connectivity index (χ2n) is 6.00. The number of amides is 1. The first-order chi connectivity index (χ1) is 12.6. The van der Waals surface area contributed by atoms with Gasteiger partial charge in [-0.2, -0.15) is 4.98 Å². The van der Waals surface area contributed by atoms with E-state index in [9.17, 15) is 9.18 Å². The predicted octanol–water partition coefficient (Wildman–Crippen LogP) is 4.42. The first kappa shape index (κ1) is 18.3. The van der Waals surface area contributed by atoms with E-state index in [1.165, 1.54) is 23.5 Å². The molecule has 0 saturated carbocycles. The maximum absolute atomic E-state index is 13.0. The van der Waals surface area contributed by atoms with E-state index in [-0.39, 0.29) is 17.8 Å². The number of hydrogen-bond donors (Lipinski definition) is 0. The Morgan fingerprint density at radius 3 is 2.73 bits per heavy atom. The van der Waals surface area contributed by atoms with Crippen molar-refractivity contribution in [2.75, 3.05) is 6.54 Å². The van der Waals surface area contributed by atoms with Crippen LogP contribution >= 0.6 is 11.3 Å². The van der Waals surface area contributed by atoms with Crippen LogP contribution in [0.25, 0.3) is 11.4 Å². The molecule has 0 aliphatic carbocycles. The summed E-state index contributed by atoms with van der Waals surface area (Å²) in [5.41, 5.74) is 0.690. The van der Waals surface area contributed by atoms with Crippen molar-refractivity contribution in [2.24, 2.45) is 0 Å². The molecule has 26 heavy (non-hydrogen) atoms. The molecule has 0 unspecified atom stereocenters. The third-order valence-corrected chi connectivity index (χ3v) is 5.11. The summed E-state index contributed by atoms with van der Waals surface area (Å²) in [6.07, 6.45) is 1.33. The second-order valence-corrected chi connectivity index (χ2v) is 6.95. The number of aromatic nitrogens is 2. The summed E-state index contributed by atoms with van der Waals surface area (Å²) in [5, 5.41) is 5.84. The molecule has 7 heteroatoms. The number of carbonyl (C=O) groups is 1. The Morgan fingerprint density at radius 1 is 1.31 bits per heavy atom. The van der Waals surface area contributed by atoms with Crippen molar-refractivity contribution in [3.8, 4) is 11.4 Å². The van der Waals surface area contributed by atoms with E-state index in [0.29, 0.717) is 30.2 Å². The third kappa shape index (κ3) is 4.16. The van der Waals surface area contributed by atoms with Gasteiger partial charge in [0.1, 0.15) is 5.82 Å². The minimum absolute atomic E-state index is 0.0209. The van der Waals surface area contributed by atoms with Gasteiger partial charge in [-0.05, 0) is 49.1 Å². The maximum atomic E-state index is 13.0. The standard InChI is InChI=1S/C19H20FN3O2S/c1-3-13(2)23(19(24)16-5-4-12-26-16)11-10-17-21-18(22-25-17)14-6-8-15(20)9-7-14/h4-9,12-13H,3,10-11H2,1-2H3/t13-/m0/s1. The van der Waals surface area contributed by atoms with E-state index in [0.717, 1.165) is 11.3 Å². The second kappa shape index (κ2) is 8.23. The van der Waals surface area contributed by atoms with Crippen LogP contribution in [0.2, 0.25) is 0 Å². The van der Waals surface area contributed by atoms with Crippen LogP contribution in [0.15, 0.2) is 46.3 Å². The van der Waals surface area contributed by atoms with Gasteiger partial charge in [0.25, 0.3) is 5.91 Å². The molecule has 0 N–H and O–H groups in total. The van der Waals surface area contributed by atoms with Crippen molar-refractivity contribution in [3.63, 3.8) is 0 Å². The average Bonchev–Trinajstić information content (AvgIpc) is 3.34. The van der Waals surface area contributed by atoms with Crippen LogP contribution in [0.5, 0.6) is 0 Å². The first-order valence-electron chi connectivity index (χ1n) is 8.51. The molecule has 136 valence electrons. The van der Waals surface area contributed by atoms with Crippen molar-refractivity contribution in [3.05, 3.63) is 58.4 Å². The molecule has 0 fully saturated rings. The molecule has 0 saturated heterocycles. The lowest BCUT2D eigenvalue weighted by molar-refractivity contribution is 0.0691. The molecular weight excluding hydrogens is 353 g/mol. The quantitative estimate of drug-likeness (QED) is 0.615. The lowest BCUT2D eigenvalue weighted by atomic mass is 10.2. The lowest BCUT2D eigenvalue weighted by Gasteiger charge is -2.27. The fourth-order valence-electron chi connectivity index (χ4n) is 2.57. The summed E-state index contributed by atoms with van der Waals surface area (Å²) >= 11 is 1.44. The number of nitrogens with zero attached hydrogens (tertiary/aromatic N) is 3. The molecule has 1 aromatic carbocycles. The fraction of sp³-hybridized carbons (Fsp3) is 0.316. The molecule has 3 aromatic rings. The number of rotatable bonds is 7. The number of carbonyl (C=O) groups excluding carboxylic acids is 1. The highest BCUT2D eigenvalue weighted by molar-refractivity contribution is 7.12. The maximum Gasteiger partial charge on any atom is 0.264 e. The molecular formula is C19H20FN3O2S. The summed E-state index contributed by atoms with van der Waals surface area (Å²) in [4.78, 5) is 19.6. The smallest absolute Gasteiger partial charge is 0.264 e. The molecule has 0 aliphatic rings. The Bertz CT molecular complexity index is 846. The first-order valence-corrected chi connectivity index (χ1v) is 9.39. The van der Waals surface area contributed by atoms with Crippen LogP contribution < -0.4 is 0 Å². The average molecular weight is 373 g/mol. The Labute approximate surface area is 155 Å². The summed E-state index contributed by atoms with van der Waals surface area (Å²) in [5.74, 6) is 0.581.